The molecule has 6 nitrogen and oxygen atoms in total. The van der Waals surface area contributed by atoms with Crippen molar-refractivity contribution in [3.63, 3.8) is 0 Å². The molecule has 2 rings (SSSR count). The van der Waals surface area contributed by atoms with E-state index < -0.39 is 5.54 Å². The Morgan fingerprint density at radius 1 is 1.40 bits per heavy atom. The van der Waals surface area contributed by atoms with Gasteiger partial charge < -0.3 is 15.8 Å². The van der Waals surface area contributed by atoms with Crippen molar-refractivity contribution in [3.8, 4) is 0 Å². The lowest BCUT2D eigenvalue weighted by Gasteiger charge is -2.43. The van der Waals surface area contributed by atoms with Gasteiger partial charge >= 0.3 is 0 Å². The van der Waals surface area contributed by atoms with E-state index in [1.165, 1.54) is 0 Å². The molecule has 0 aromatic carbocycles. The molecule has 110 valence electrons. The molecular formula is C13H20ClN5O. The molecule has 1 saturated heterocycles. The average molecular weight is 298 g/mol. The van der Waals surface area contributed by atoms with Crippen LogP contribution in [-0.2, 0) is 0 Å². The minimum absolute atomic E-state index is 0.230. The molecule has 0 bridgehead atoms. The topological polar surface area (TPSA) is 78.0 Å². The predicted molar refractivity (Wildman–Crippen MR) is 80.5 cm³/mol. The number of rotatable bonds is 3. The second-order valence-corrected chi connectivity index (χ2v) is 5.75. The number of anilines is 1. The van der Waals surface area contributed by atoms with E-state index in [2.05, 4.69) is 19.9 Å². The summed E-state index contributed by atoms with van der Waals surface area (Å²) in [6.45, 7) is 7.23. The molecule has 20 heavy (non-hydrogen) atoms. The minimum atomic E-state index is -0.455. The highest BCUT2D eigenvalue weighted by molar-refractivity contribution is 6.33. The van der Waals surface area contributed by atoms with Crippen LogP contribution in [0.2, 0.25) is 5.02 Å². The Hall–Kier alpha value is -1.53. The standard InChI is InChI=1S/C13H20ClN5O/c1-13(2,12(15)17-20)19-7-5-18(6-8-19)11-3-4-16-9-10(11)14/h3-4,9,20H,5-8H2,1-2H3,(H2,15,17). The number of piperazine rings is 1. The summed E-state index contributed by atoms with van der Waals surface area (Å²) in [5.74, 6) is 0.230. The van der Waals surface area contributed by atoms with Gasteiger partial charge in [0.1, 0.15) is 0 Å². The van der Waals surface area contributed by atoms with Gasteiger partial charge in [0.15, 0.2) is 5.84 Å². The lowest BCUT2D eigenvalue weighted by Crippen LogP contribution is -2.59. The van der Waals surface area contributed by atoms with Gasteiger partial charge in [0.2, 0.25) is 0 Å². The van der Waals surface area contributed by atoms with Gasteiger partial charge in [-0.2, -0.15) is 0 Å². The Labute approximate surface area is 123 Å². The van der Waals surface area contributed by atoms with Crippen molar-refractivity contribution in [2.24, 2.45) is 10.9 Å². The molecule has 0 saturated carbocycles. The number of amidine groups is 1. The zero-order valence-corrected chi connectivity index (χ0v) is 12.5. The third-order valence-electron chi connectivity index (χ3n) is 3.90. The van der Waals surface area contributed by atoms with Crippen molar-refractivity contribution < 1.29 is 5.21 Å². The number of pyridine rings is 1. The number of hydrogen-bond acceptors (Lipinski definition) is 5. The summed E-state index contributed by atoms with van der Waals surface area (Å²) in [6, 6.07) is 1.92. The first-order chi connectivity index (χ1) is 9.46. The summed E-state index contributed by atoms with van der Waals surface area (Å²) in [6.07, 6.45) is 3.40. The third kappa shape index (κ3) is 2.81. The van der Waals surface area contributed by atoms with Crippen LogP contribution in [0.25, 0.3) is 0 Å². The van der Waals surface area contributed by atoms with Crippen molar-refractivity contribution in [1.82, 2.24) is 9.88 Å². The van der Waals surface area contributed by atoms with Crippen LogP contribution in [0.5, 0.6) is 0 Å². The van der Waals surface area contributed by atoms with E-state index in [0.717, 1.165) is 31.9 Å². The molecule has 0 amide bonds. The molecule has 0 spiro atoms. The van der Waals surface area contributed by atoms with E-state index >= 15 is 0 Å². The Bertz CT molecular complexity index is 497. The summed E-state index contributed by atoms with van der Waals surface area (Å²) in [5, 5.41) is 12.7. The molecule has 2 heterocycles. The van der Waals surface area contributed by atoms with Crippen molar-refractivity contribution in [2.45, 2.75) is 19.4 Å². The zero-order valence-electron chi connectivity index (χ0n) is 11.8. The normalized spacial score (nSPS) is 18.4. The maximum atomic E-state index is 8.87. The second kappa shape index (κ2) is 5.85. The first-order valence-corrected chi connectivity index (χ1v) is 6.92. The predicted octanol–water partition coefficient (Wildman–Crippen LogP) is 1.38. The van der Waals surface area contributed by atoms with E-state index in [9.17, 15) is 0 Å². The largest absolute Gasteiger partial charge is 0.409 e. The first-order valence-electron chi connectivity index (χ1n) is 6.54. The Balaban J connectivity index is 2.05. The highest BCUT2D eigenvalue weighted by Gasteiger charge is 2.34. The van der Waals surface area contributed by atoms with Gasteiger partial charge in [-0.15, -0.1) is 0 Å². The van der Waals surface area contributed by atoms with E-state index in [1.54, 1.807) is 12.4 Å². The highest BCUT2D eigenvalue weighted by Crippen LogP contribution is 2.26. The van der Waals surface area contributed by atoms with E-state index in [1.807, 2.05) is 19.9 Å². The van der Waals surface area contributed by atoms with Crippen LogP contribution in [-0.4, -0.2) is 52.6 Å². The van der Waals surface area contributed by atoms with E-state index in [-0.39, 0.29) is 5.84 Å². The quantitative estimate of drug-likeness (QED) is 0.381. The second-order valence-electron chi connectivity index (χ2n) is 5.35. The van der Waals surface area contributed by atoms with Crippen LogP contribution in [0.4, 0.5) is 5.69 Å². The Morgan fingerprint density at radius 3 is 2.60 bits per heavy atom. The third-order valence-corrected chi connectivity index (χ3v) is 4.19. The molecule has 0 atom stereocenters. The molecule has 0 aliphatic carbocycles. The molecule has 3 N–H and O–H groups in total. The van der Waals surface area contributed by atoms with Gasteiger partial charge in [0.05, 0.1) is 16.2 Å². The fourth-order valence-corrected chi connectivity index (χ4v) is 2.65. The molecule has 7 heteroatoms. The first kappa shape index (κ1) is 14.9. The van der Waals surface area contributed by atoms with Gasteiger partial charge in [-0.25, -0.2) is 0 Å². The molecular weight excluding hydrogens is 278 g/mol. The number of nitrogens with zero attached hydrogens (tertiary/aromatic N) is 4. The van der Waals surface area contributed by atoms with Gasteiger partial charge in [0, 0.05) is 38.6 Å². The molecule has 1 aromatic rings. The fourth-order valence-electron chi connectivity index (χ4n) is 2.42. The molecule has 1 aliphatic rings. The summed E-state index contributed by atoms with van der Waals surface area (Å²) in [4.78, 5) is 8.43. The van der Waals surface area contributed by atoms with Crippen molar-refractivity contribution >= 4 is 23.1 Å². The van der Waals surface area contributed by atoms with Crippen molar-refractivity contribution in [1.29, 1.82) is 0 Å². The number of aromatic nitrogens is 1. The van der Waals surface area contributed by atoms with E-state index in [4.69, 9.17) is 22.5 Å². The zero-order chi connectivity index (χ0) is 14.8. The Kier molecular flexibility index (Phi) is 4.35. The smallest absolute Gasteiger partial charge is 0.159 e. The SMILES string of the molecule is CC(C)(C(N)=NO)N1CCN(c2ccncc2Cl)CC1. The van der Waals surface area contributed by atoms with Crippen LogP contribution < -0.4 is 10.6 Å². The van der Waals surface area contributed by atoms with Crippen LogP contribution in [0, 0.1) is 0 Å². The fraction of sp³-hybridized carbons (Fsp3) is 0.538. The molecule has 0 unspecified atom stereocenters. The number of nitrogens with two attached hydrogens (primary N) is 1. The highest BCUT2D eigenvalue weighted by atomic mass is 35.5. The summed E-state index contributed by atoms with van der Waals surface area (Å²) < 4.78 is 0. The summed E-state index contributed by atoms with van der Waals surface area (Å²) >= 11 is 6.17. The summed E-state index contributed by atoms with van der Waals surface area (Å²) in [5.41, 5.74) is 6.31. The minimum Gasteiger partial charge on any atom is -0.409 e. The van der Waals surface area contributed by atoms with Gasteiger partial charge in [-0.3, -0.25) is 9.88 Å². The van der Waals surface area contributed by atoms with Gasteiger partial charge in [0.25, 0.3) is 0 Å². The molecule has 1 aromatic heterocycles. The van der Waals surface area contributed by atoms with Crippen LogP contribution in [0.3, 0.4) is 0 Å². The van der Waals surface area contributed by atoms with Crippen molar-refractivity contribution in [2.75, 3.05) is 31.1 Å². The maximum Gasteiger partial charge on any atom is 0.159 e. The Morgan fingerprint density at radius 2 is 2.05 bits per heavy atom. The van der Waals surface area contributed by atoms with E-state index in [0.29, 0.717) is 5.02 Å². The lowest BCUT2D eigenvalue weighted by molar-refractivity contribution is 0.161. The number of oxime groups is 1. The summed E-state index contributed by atoms with van der Waals surface area (Å²) in [7, 11) is 0. The van der Waals surface area contributed by atoms with Gasteiger partial charge in [-0.1, -0.05) is 16.8 Å². The molecule has 1 aliphatic heterocycles. The van der Waals surface area contributed by atoms with Gasteiger partial charge in [-0.05, 0) is 19.9 Å². The monoisotopic (exact) mass is 297 g/mol. The number of hydrogen-bond donors (Lipinski definition) is 2. The van der Waals surface area contributed by atoms with Crippen molar-refractivity contribution in [3.05, 3.63) is 23.5 Å². The average Bonchev–Trinajstić information content (AvgIpc) is 2.47. The number of halogens is 1. The van der Waals surface area contributed by atoms with Crippen LogP contribution in [0.15, 0.2) is 23.6 Å². The lowest BCUT2D eigenvalue weighted by atomic mass is 10.00. The maximum absolute atomic E-state index is 8.87. The van der Waals surface area contributed by atoms with Crippen LogP contribution >= 0.6 is 11.6 Å². The van der Waals surface area contributed by atoms with Crippen LogP contribution in [0.1, 0.15) is 13.8 Å². The molecule has 1 fully saturated rings. The molecule has 0 radical (unpaired) electrons.